The predicted molar refractivity (Wildman–Crippen MR) is 82.6 cm³/mol. The van der Waals surface area contributed by atoms with E-state index in [1.807, 2.05) is 44.2 Å². The van der Waals surface area contributed by atoms with Crippen LogP contribution in [0.3, 0.4) is 0 Å². The van der Waals surface area contributed by atoms with Crippen molar-refractivity contribution in [1.29, 1.82) is 5.26 Å². The Balaban J connectivity index is 2.50. The Bertz CT molecular complexity index is 533. The van der Waals surface area contributed by atoms with Gasteiger partial charge in [-0.1, -0.05) is 18.2 Å². The van der Waals surface area contributed by atoms with Gasteiger partial charge in [-0.25, -0.2) is 0 Å². The Labute approximate surface area is 125 Å². The molecule has 0 aliphatic heterocycles. The van der Waals surface area contributed by atoms with Crippen LogP contribution in [0.5, 0.6) is 0 Å². The first-order valence-electron chi connectivity index (χ1n) is 6.97. The molecule has 1 aromatic rings. The molecule has 1 rings (SSSR count). The molecule has 0 aliphatic carbocycles. The minimum Gasteiger partial charge on any atom is -0.382 e. The molecule has 5 nitrogen and oxygen atoms in total. The molecule has 0 saturated carbocycles. The molecule has 1 aromatic carbocycles. The largest absolute Gasteiger partial charge is 0.382 e. The second-order valence-electron chi connectivity index (χ2n) is 4.44. The maximum absolute atomic E-state index is 11.8. The van der Waals surface area contributed by atoms with Crippen molar-refractivity contribution in [3.05, 3.63) is 41.6 Å². The predicted octanol–water partition coefficient (Wildman–Crippen LogP) is 2.36. The molecule has 21 heavy (non-hydrogen) atoms. The van der Waals surface area contributed by atoms with Crippen molar-refractivity contribution >= 4 is 11.6 Å². The zero-order valence-electron chi connectivity index (χ0n) is 12.5. The van der Waals surface area contributed by atoms with Gasteiger partial charge in [-0.05, 0) is 31.9 Å². The fraction of sp³-hybridized carbons (Fsp3) is 0.375. The van der Waals surface area contributed by atoms with E-state index in [0.29, 0.717) is 19.8 Å². The third-order valence-electron chi connectivity index (χ3n) is 2.84. The summed E-state index contributed by atoms with van der Waals surface area (Å²) in [4.78, 5) is 11.8. The number of rotatable bonds is 8. The molecule has 2 N–H and O–H groups in total. The number of nitriles is 1. The number of para-hydroxylation sites is 1. The van der Waals surface area contributed by atoms with Crippen molar-refractivity contribution in [2.45, 2.75) is 20.3 Å². The topological polar surface area (TPSA) is 74.1 Å². The van der Waals surface area contributed by atoms with Gasteiger partial charge in [0.1, 0.15) is 11.6 Å². The number of anilines is 1. The maximum Gasteiger partial charge on any atom is 0.263 e. The summed E-state index contributed by atoms with van der Waals surface area (Å²) in [5.41, 5.74) is 1.97. The fourth-order valence-electron chi connectivity index (χ4n) is 1.65. The van der Waals surface area contributed by atoms with Crippen LogP contribution in [-0.2, 0) is 9.53 Å². The zero-order valence-corrected chi connectivity index (χ0v) is 12.5. The molecule has 0 atom stereocenters. The Hall–Kier alpha value is -2.32. The summed E-state index contributed by atoms with van der Waals surface area (Å²) in [6, 6.07) is 9.57. The third kappa shape index (κ3) is 6.11. The van der Waals surface area contributed by atoms with Crippen molar-refractivity contribution in [3.63, 3.8) is 0 Å². The summed E-state index contributed by atoms with van der Waals surface area (Å²) in [7, 11) is 0. The monoisotopic (exact) mass is 287 g/mol. The van der Waals surface area contributed by atoms with E-state index in [2.05, 4.69) is 10.6 Å². The van der Waals surface area contributed by atoms with Gasteiger partial charge < -0.3 is 15.4 Å². The van der Waals surface area contributed by atoms with Gasteiger partial charge in [0.25, 0.3) is 5.91 Å². The number of nitrogens with one attached hydrogen (secondary N) is 2. The van der Waals surface area contributed by atoms with Crippen LogP contribution in [0.2, 0.25) is 0 Å². The van der Waals surface area contributed by atoms with Gasteiger partial charge in [0.15, 0.2) is 0 Å². The molecule has 1 amide bonds. The van der Waals surface area contributed by atoms with Crippen LogP contribution in [0.15, 0.2) is 36.0 Å². The van der Waals surface area contributed by atoms with Crippen molar-refractivity contribution in [2.75, 3.05) is 25.1 Å². The highest BCUT2D eigenvalue weighted by atomic mass is 16.5. The summed E-state index contributed by atoms with van der Waals surface area (Å²) in [6.07, 6.45) is 2.16. The van der Waals surface area contributed by atoms with Crippen LogP contribution in [-0.4, -0.2) is 25.7 Å². The van der Waals surface area contributed by atoms with E-state index in [1.54, 1.807) is 0 Å². The molecule has 5 heteroatoms. The van der Waals surface area contributed by atoms with Crippen LogP contribution < -0.4 is 10.6 Å². The molecule has 0 unspecified atom stereocenters. The summed E-state index contributed by atoms with van der Waals surface area (Å²) in [5, 5.41) is 14.7. The third-order valence-corrected chi connectivity index (χ3v) is 2.84. The molecular weight excluding hydrogens is 266 g/mol. The Kier molecular flexibility index (Phi) is 7.62. The first-order valence-corrected chi connectivity index (χ1v) is 6.97. The Morgan fingerprint density at radius 2 is 2.19 bits per heavy atom. The lowest BCUT2D eigenvalue weighted by Crippen LogP contribution is -2.26. The van der Waals surface area contributed by atoms with Gasteiger partial charge in [-0.2, -0.15) is 5.26 Å². The zero-order chi connectivity index (χ0) is 15.5. The van der Waals surface area contributed by atoms with Crippen molar-refractivity contribution in [2.24, 2.45) is 0 Å². The second-order valence-corrected chi connectivity index (χ2v) is 4.44. The van der Waals surface area contributed by atoms with E-state index < -0.39 is 0 Å². The highest BCUT2D eigenvalue weighted by molar-refractivity contribution is 5.97. The van der Waals surface area contributed by atoms with Crippen LogP contribution in [0.25, 0.3) is 0 Å². The van der Waals surface area contributed by atoms with E-state index in [1.165, 1.54) is 6.20 Å². The van der Waals surface area contributed by atoms with E-state index in [-0.39, 0.29) is 11.5 Å². The number of carbonyl (C=O) groups excluding carboxylic acids is 1. The number of hydrogen-bond acceptors (Lipinski definition) is 4. The Morgan fingerprint density at radius 1 is 1.43 bits per heavy atom. The van der Waals surface area contributed by atoms with E-state index in [4.69, 9.17) is 10.00 Å². The SMILES string of the molecule is CCOCCCNC(=O)/C(C#N)=C\Nc1ccccc1C. The number of hydrogen-bond donors (Lipinski definition) is 2. The van der Waals surface area contributed by atoms with Crippen molar-refractivity contribution < 1.29 is 9.53 Å². The molecule has 0 bridgehead atoms. The summed E-state index contributed by atoms with van der Waals surface area (Å²) >= 11 is 0. The minimum atomic E-state index is -0.380. The number of ether oxygens (including phenoxy) is 1. The standard InChI is InChI=1S/C16H21N3O2/c1-3-21-10-6-9-18-16(20)14(11-17)12-19-15-8-5-4-7-13(15)2/h4-5,7-8,12,19H,3,6,9-10H2,1-2H3,(H,18,20)/b14-12-. The van der Waals surface area contributed by atoms with Gasteiger partial charge in [0.05, 0.1) is 0 Å². The summed E-state index contributed by atoms with van der Waals surface area (Å²) in [5.74, 6) is -0.380. The van der Waals surface area contributed by atoms with Gasteiger partial charge in [0, 0.05) is 31.6 Å². The quantitative estimate of drug-likeness (QED) is 0.437. The first-order chi connectivity index (χ1) is 10.2. The molecule has 0 heterocycles. The molecule has 0 aliphatic rings. The molecule has 0 spiro atoms. The lowest BCUT2D eigenvalue weighted by molar-refractivity contribution is -0.117. The molecular formula is C16H21N3O2. The van der Waals surface area contributed by atoms with E-state index in [9.17, 15) is 4.79 Å². The average Bonchev–Trinajstić information content (AvgIpc) is 2.49. The number of amides is 1. The molecule has 0 saturated heterocycles. The number of benzene rings is 1. The van der Waals surface area contributed by atoms with Gasteiger partial charge in [0.2, 0.25) is 0 Å². The van der Waals surface area contributed by atoms with Gasteiger partial charge in [-0.3, -0.25) is 4.79 Å². The molecule has 0 aromatic heterocycles. The molecule has 112 valence electrons. The van der Waals surface area contributed by atoms with Crippen LogP contribution in [0.4, 0.5) is 5.69 Å². The van der Waals surface area contributed by atoms with Crippen LogP contribution in [0.1, 0.15) is 18.9 Å². The Morgan fingerprint density at radius 3 is 2.86 bits per heavy atom. The fourth-order valence-corrected chi connectivity index (χ4v) is 1.65. The van der Waals surface area contributed by atoms with Crippen LogP contribution >= 0.6 is 0 Å². The van der Waals surface area contributed by atoms with E-state index >= 15 is 0 Å². The molecule has 0 fully saturated rings. The number of aryl methyl sites for hydroxylation is 1. The minimum absolute atomic E-state index is 0.0506. The smallest absolute Gasteiger partial charge is 0.263 e. The second kappa shape index (κ2) is 9.56. The lowest BCUT2D eigenvalue weighted by atomic mass is 10.2. The molecule has 0 radical (unpaired) electrons. The normalized spacial score (nSPS) is 10.8. The van der Waals surface area contributed by atoms with Crippen LogP contribution in [0, 0.1) is 18.3 Å². The average molecular weight is 287 g/mol. The highest BCUT2D eigenvalue weighted by Gasteiger charge is 2.07. The van der Waals surface area contributed by atoms with E-state index in [0.717, 1.165) is 17.7 Å². The lowest BCUT2D eigenvalue weighted by Gasteiger charge is -2.07. The number of carbonyl (C=O) groups is 1. The van der Waals surface area contributed by atoms with Crippen molar-refractivity contribution in [1.82, 2.24) is 5.32 Å². The van der Waals surface area contributed by atoms with Gasteiger partial charge >= 0.3 is 0 Å². The summed E-state index contributed by atoms with van der Waals surface area (Å²) in [6.45, 7) is 5.63. The summed E-state index contributed by atoms with van der Waals surface area (Å²) < 4.78 is 5.18. The highest BCUT2D eigenvalue weighted by Crippen LogP contribution is 2.13. The maximum atomic E-state index is 11.8. The number of nitrogens with zero attached hydrogens (tertiary/aromatic N) is 1. The van der Waals surface area contributed by atoms with Crippen molar-refractivity contribution in [3.8, 4) is 6.07 Å². The first kappa shape index (κ1) is 16.7. The van der Waals surface area contributed by atoms with Gasteiger partial charge in [-0.15, -0.1) is 0 Å².